The molecule has 0 aromatic carbocycles. The summed E-state index contributed by atoms with van der Waals surface area (Å²) in [6.45, 7) is 0.222. The number of carbonyl (C=O) groups excluding carboxylic acids is 1. The number of hydrogen-bond donors (Lipinski definition) is 3. The van der Waals surface area contributed by atoms with Crippen LogP contribution in [0.2, 0.25) is 0 Å². The fourth-order valence-corrected chi connectivity index (χ4v) is 1.48. The SMILES string of the molecule is NC(=O)OC(CCn1ccnc1)CC(O)CO. The number of rotatable bonds is 7. The van der Waals surface area contributed by atoms with Crippen LogP contribution in [0.5, 0.6) is 0 Å². The quantitative estimate of drug-likeness (QED) is 0.596. The molecule has 0 fully saturated rings. The Bertz CT molecular complexity index is 328. The molecule has 0 aliphatic heterocycles. The number of primary amides is 1. The van der Waals surface area contributed by atoms with Crippen LogP contribution in [0.15, 0.2) is 18.7 Å². The van der Waals surface area contributed by atoms with E-state index in [1.54, 1.807) is 18.7 Å². The summed E-state index contributed by atoms with van der Waals surface area (Å²) in [5.41, 5.74) is 4.94. The number of hydrogen-bond acceptors (Lipinski definition) is 5. The summed E-state index contributed by atoms with van der Waals surface area (Å²) in [6, 6.07) is 0. The van der Waals surface area contributed by atoms with Crippen LogP contribution in [0.4, 0.5) is 4.79 Å². The van der Waals surface area contributed by atoms with Gasteiger partial charge in [-0.2, -0.15) is 0 Å². The number of imidazole rings is 1. The summed E-state index contributed by atoms with van der Waals surface area (Å²) >= 11 is 0. The van der Waals surface area contributed by atoms with E-state index in [1.165, 1.54) is 0 Å². The minimum absolute atomic E-state index is 0.161. The van der Waals surface area contributed by atoms with E-state index in [9.17, 15) is 9.90 Å². The van der Waals surface area contributed by atoms with Gasteiger partial charge in [-0.15, -0.1) is 0 Å². The lowest BCUT2D eigenvalue weighted by Crippen LogP contribution is -2.29. The Labute approximate surface area is 98.8 Å². The standard InChI is InChI=1S/C10H17N3O4/c11-10(16)17-9(5-8(15)6-14)1-3-13-4-2-12-7-13/h2,4,7-9,14-15H,1,3,5-6H2,(H2,11,16). The smallest absolute Gasteiger partial charge is 0.404 e. The molecule has 0 bridgehead atoms. The topological polar surface area (TPSA) is 111 Å². The summed E-state index contributed by atoms with van der Waals surface area (Å²) < 4.78 is 6.68. The highest BCUT2D eigenvalue weighted by molar-refractivity contribution is 5.64. The zero-order chi connectivity index (χ0) is 12.7. The summed E-state index contributed by atoms with van der Waals surface area (Å²) in [5.74, 6) is 0. The third kappa shape index (κ3) is 5.32. The van der Waals surface area contributed by atoms with Crippen molar-refractivity contribution in [2.75, 3.05) is 6.61 Å². The number of nitrogens with two attached hydrogens (primary N) is 1. The van der Waals surface area contributed by atoms with Crippen LogP contribution in [0.3, 0.4) is 0 Å². The monoisotopic (exact) mass is 243 g/mol. The molecule has 4 N–H and O–H groups in total. The molecule has 0 saturated carbocycles. The van der Waals surface area contributed by atoms with E-state index in [1.807, 2.05) is 4.57 Å². The van der Waals surface area contributed by atoms with Crippen LogP contribution in [-0.2, 0) is 11.3 Å². The lowest BCUT2D eigenvalue weighted by Gasteiger charge is -2.19. The number of carbonyl (C=O) groups is 1. The highest BCUT2D eigenvalue weighted by Crippen LogP contribution is 2.09. The third-order valence-corrected chi connectivity index (χ3v) is 2.30. The molecule has 1 aromatic heterocycles. The predicted octanol–water partition coefficient (Wildman–Crippen LogP) is -0.520. The van der Waals surface area contributed by atoms with Gasteiger partial charge in [0.15, 0.2) is 0 Å². The van der Waals surface area contributed by atoms with Crippen molar-refractivity contribution in [3.8, 4) is 0 Å². The van der Waals surface area contributed by atoms with Crippen molar-refractivity contribution in [3.05, 3.63) is 18.7 Å². The molecule has 0 aliphatic rings. The van der Waals surface area contributed by atoms with Crippen LogP contribution in [-0.4, -0.2) is 44.7 Å². The number of aromatic nitrogens is 2. The minimum Gasteiger partial charge on any atom is -0.446 e. The Morgan fingerprint density at radius 1 is 1.59 bits per heavy atom. The Balaban J connectivity index is 2.42. The number of nitrogens with zero attached hydrogens (tertiary/aromatic N) is 2. The molecule has 1 aromatic rings. The highest BCUT2D eigenvalue weighted by atomic mass is 16.6. The van der Waals surface area contributed by atoms with Crippen LogP contribution in [0, 0.1) is 0 Å². The fraction of sp³-hybridized carbons (Fsp3) is 0.600. The first-order chi connectivity index (χ1) is 8.11. The zero-order valence-corrected chi connectivity index (χ0v) is 9.40. The van der Waals surface area contributed by atoms with Crippen molar-refractivity contribution >= 4 is 6.09 Å². The number of aryl methyl sites for hydroxylation is 1. The second-order valence-corrected chi connectivity index (χ2v) is 3.72. The molecule has 0 spiro atoms. The number of aliphatic hydroxyl groups is 2. The molecule has 7 heteroatoms. The largest absolute Gasteiger partial charge is 0.446 e. The van der Waals surface area contributed by atoms with E-state index >= 15 is 0 Å². The lowest BCUT2D eigenvalue weighted by molar-refractivity contribution is 0.0271. The first kappa shape index (κ1) is 13.5. The Kier molecular flexibility index (Phi) is 5.44. The van der Waals surface area contributed by atoms with Gasteiger partial charge >= 0.3 is 6.09 Å². The third-order valence-electron chi connectivity index (χ3n) is 2.30. The van der Waals surface area contributed by atoms with Gasteiger partial charge in [-0.25, -0.2) is 9.78 Å². The molecule has 1 rings (SSSR count). The van der Waals surface area contributed by atoms with Crippen molar-refractivity contribution in [3.63, 3.8) is 0 Å². The van der Waals surface area contributed by atoms with Gasteiger partial charge < -0.3 is 25.3 Å². The molecule has 96 valence electrons. The van der Waals surface area contributed by atoms with Crippen molar-refractivity contribution in [1.29, 1.82) is 0 Å². The first-order valence-electron chi connectivity index (χ1n) is 5.32. The van der Waals surface area contributed by atoms with Crippen LogP contribution >= 0.6 is 0 Å². The van der Waals surface area contributed by atoms with Gasteiger partial charge in [0, 0.05) is 31.8 Å². The molecule has 0 aliphatic carbocycles. The average Bonchev–Trinajstić information content (AvgIpc) is 2.77. The Morgan fingerprint density at radius 3 is 2.88 bits per heavy atom. The van der Waals surface area contributed by atoms with Gasteiger partial charge in [-0.3, -0.25) is 0 Å². The van der Waals surface area contributed by atoms with E-state index in [4.69, 9.17) is 15.6 Å². The second kappa shape index (κ2) is 6.87. The van der Waals surface area contributed by atoms with Gasteiger partial charge in [0.25, 0.3) is 0 Å². The van der Waals surface area contributed by atoms with Crippen LogP contribution in [0.1, 0.15) is 12.8 Å². The van der Waals surface area contributed by atoms with E-state index in [0.717, 1.165) is 0 Å². The molecular weight excluding hydrogens is 226 g/mol. The van der Waals surface area contributed by atoms with Crippen LogP contribution in [0.25, 0.3) is 0 Å². The van der Waals surface area contributed by atoms with Crippen molar-refractivity contribution < 1.29 is 19.7 Å². The molecule has 7 nitrogen and oxygen atoms in total. The lowest BCUT2D eigenvalue weighted by atomic mass is 10.1. The molecule has 2 atom stereocenters. The van der Waals surface area contributed by atoms with E-state index < -0.39 is 18.3 Å². The summed E-state index contributed by atoms with van der Waals surface area (Å²) in [7, 11) is 0. The number of ether oxygens (including phenoxy) is 1. The van der Waals surface area contributed by atoms with E-state index in [-0.39, 0.29) is 13.0 Å². The molecule has 17 heavy (non-hydrogen) atoms. The predicted molar refractivity (Wildman–Crippen MR) is 59.0 cm³/mol. The van der Waals surface area contributed by atoms with E-state index in [2.05, 4.69) is 4.98 Å². The average molecular weight is 243 g/mol. The molecule has 0 radical (unpaired) electrons. The molecule has 0 saturated heterocycles. The Hall–Kier alpha value is -1.60. The zero-order valence-electron chi connectivity index (χ0n) is 9.40. The maximum absolute atomic E-state index is 10.7. The molecule has 2 unspecified atom stereocenters. The van der Waals surface area contributed by atoms with Gasteiger partial charge in [0.05, 0.1) is 19.0 Å². The van der Waals surface area contributed by atoms with Crippen molar-refractivity contribution in [2.45, 2.75) is 31.6 Å². The Morgan fingerprint density at radius 2 is 2.35 bits per heavy atom. The van der Waals surface area contributed by atoms with Gasteiger partial charge in [-0.1, -0.05) is 0 Å². The first-order valence-corrected chi connectivity index (χ1v) is 5.32. The second-order valence-electron chi connectivity index (χ2n) is 3.72. The number of aliphatic hydroxyl groups excluding tert-OH is 2. The summed E-state index contributed by atoms with van der Waals surface area (Å²) in [5, 5.41) is 18.0. The highest BCUT2D eigenvalue weighted by Gasteiger charge is 2.17. The number of amides is 1. The van der Waals surface area contributed by atoms with Crippen LogP contribution < -0.4 is 5.73 Å². The van der Waals surface area contributed by atoms with Gasteiger partial charge in [0.2, 0.25) is 0 Å². The normalized spacial score (nSPS) is 14.2. The minimum atomic E-state index is -0.915. The summed E-state index contributed by atoms with van der Waals surface area (Å²) in [4.78, 5) is 14.6. The fourth-order valence-electron chi connectivity index (χ4n) is 1.48. The van der Waals surface area contributed by atoms with Crippen molar-refractivity contribution in [1.82, 2.24) is 9.55 Å². The van der Waals surface area contributed by atoms with E-state index in [0.29, 0.717) is 13.0 Å². The maximum Gasteiger partial charge on any atom is 0.404 e. The van der Waals surface area contributed by atoms with Crippen molar-refractivity contribution in [2.24, 2.45) is 5.73 Å². The maximum atomic E-state index is 10.7. The summed E-state index contributed by atoms with van der Waals surface area (Å²) in [6.07, 6.45) is 3.41. The molecule has 1 heterocycles. The molecule has 1 amide bonds. The van der Waals surface area contributed by atoms with Gasteiger partial charge in [-0.05, 0) is 0 Å². The molecular formula is C10H17N3O4. The van der Waals surface area contributed by atoms with Gasteiger partial charge in [0.1, 0.15) is 6.10 Å².